The maximum Gasteiger partial charge on any atom is 0.173 e. The van der Waals surface area contributed by atoms with E-state index >= 15 is 4.79 Å². The molecule has 7 rings (SSSR count). The minimum atomic E-state index is -0.771. The summed E-state index contributed by atoms with van der Waals surface area (Å²) >= 11 is 3.63. The number of carbonyl (C=O) groups is 1. The van der Waals surface area contributed by atoms with Crippen molar-refractivity contribution in [3.63, 3.8) is 0 Å². The van der Waals surface area contributed by atoms with Crippen LogP contribution in [-0.2, 0) is 5.41 Å². The van der Waals surface area contributed by atoms with Crippen LogP contribution in [0.2, 0.25) is 0 Å². The molecule has 0 bridgehead atoms. The minimum Gasteiger partial charge on any atom is -0.330 e. The predicted octanol–water partition coefficient (Wildman–Crippen LogP) is 10.3. The van der Waals surface area contributed by atoms with Crippen molar-refractivity contribution in [1.82, 2.24) is 0 Å². The highest BCUT2D eigenvalue weighted by Crippen LogP contribution is 2.63. The first-order valence-corrected chi connectivity index (χ1v) is 15.5. The van der Waals surface area contributed by atoms with Crippen LogP contribution in [0.15, 0.2) is 156 Å². The van der Waals surface area contributed by atoms with E-state index in [-0.39, 0.29) is 5.78 Å². The average molecular weight is 623 g/mol. The number of halogens is 1. The lowest BCUT2D eigenvalue weighted by Gasteiger charge is -2.53. The number of fused-ring (bicyclic) bond motifs is 1. The highest BCUT2D eigenvalue weighted by molar-refractivity contribution is 9.10. The summed E-state index contributed by atoms with van der Waals surface area (Å²) in [5.41, 5.74) is 7.20. The standard InChI is InChI=1S/C40H32BrNO/c1-39(2)35-20-12-13-21-36(35)42(33-18-10-5-11-19-33)40(39)27-31(28-14-6-3-7-15-28)26-34(29-22-24-32(41)25-23-29)37(40)38(43)30-16-8-4-9-17-30/h3-27,37H,1-2H3/t37-,40+/m0/s1. The minimum absolute atomic E-state index is 0.111. The molecule has 2 nitrogen and oxygen atoms in total. The van der Waals surface area contributed by atoms with Crippen molar-refractivity contribution in [2.45, 2.75) is 24.8 Å². The maximum atomic E-state index is 15.2. The van der Waals surface area contributed by atoms with Crippen LogP contribution >= 0.6 is 15.9 Å². The molecule has 2 aliphatic rings. The molecular formula is C40H32BrNO. The molecule has 1 aliphatic carbocycles. The number of benzene rings is 5. The molecule has 0 aromatic heterocycles. The Balaban J connectivity index is 1.61. The number of anilines is 2. The summed E-state index contributed by atoms with van der Waals surface area (Å²) in [6.07, 6.45) is 4.64. The Bertz CT molecular complexity index is 1860. The van der Waals surface area contributed by atoms with Crippen LogP contribution < -0.4 is 4.90 Å². The maximum absolute atomic E-state index is 15.2. The van der Waals surface area contributed by atoms with Gasteiger partial charge in [0.25, 0.3) is 0 Å². The smallest absolute Gasteiger partial charge is 0.173 e. The number of Topliss-reactive ketones (excluding diaryl/α,β-unsaturated/α-hetero) is 1. The second-order valence-corrected chi connectivity index (χ2v) is 12.8. The van der Waals surface area contributed by atoms with Crippen molar-refractivity contribution >= 4 is 44.2 Å². The Morgan fingerprint density at radius 1 is 0.674 bits per heavy atom. The van der Waals surface area contributed by atoms with Gasteiger partial charge in [-0.1, -0.05) is 139 Å². The average Bonchev–Trinajstić information content (AvgIpc) is 3.24. The Kier molecular flexibility index (Phi) is 6.79. The van der Waals surface area contributed by atoms with Gasteiger partial charge in [0.05, 0.1) is 11.5 Å². The lowest BCUT2D eigenvalue weighted by molar-refractivity contribution is 0.0888. The quantitative estimate of drug-likeness (QED) is 0.182. The first-order valence-electron chi connectivity index (χ1n) is 14.7. The molecule has 0 N–H and O–H groups in total. The van der Waals surface area contributed by atoms with Crippen molar-refractivity contribution < 1.29 is 4.79 Å². The summed E-state index contributed by atoms with van der Waals surface area (Å²) in [6, 6.07) is 47.9. The molecule has 1 spiro atoms. The van der Waals surface area contributed by atoms with Gasteiger partial charge in [-0.2, -0.15) is 0 Å². The summed E-state index contributed by atoms with van der Waals surface area (Å²) in [4.78, 5) is 17.6. The number of para-hydroxylation sites is 2. The van der Waals surface area contributed by atoms with E-state index in [2.05, 4.69) is 156 Å². The zero-order valence-electron chi connectivity index (χ0n) is 24.2. The fraction of sp³-hybridized carbons (Fsp3) is 0.125. The number of nitrogens with zero attached hydrogens (tertiary/aromatic N) is 1. The van der Waals surface area contributed by atoms with Gasteiger partial charge in [0.1, 0.15) is 0 Å². The monoisotopic (exact) mass is 621 g/mol. The van der Waals surface area contributed by atoms with Gasteiger partial charge in [0, 0.05) is 26.8 Å². The summed E-state index contributed by atoms with van der Waals surface area (Å²) in [6.45, 7) is 4.62. The third-order valence-corrected chi connectivity index (χ3v) is 9.78. The molecule has 0 fully saturated rings. The molecule has 1 heterocycles. The highest BCUT2D eigenvalue weighted by atomic mass is 79.9. The van der Waals surface area contributed by atoms with Gasteiger partial charge in [-0.3, -0.25) is 4.79 Å². The SMILES string of the molecule is CC1(C)c2ccccc2N(c2ccccc2)[C@@]12C=C(c1ccccc1)C=C(c1ccc(Br)cc1)[C@H]2C(=O)c1ccccc1. The molecule has 0 saturated heterocycles. The molecule has 0 amide bonds. The topological polar surface area (TPSA) is 20.3 Å². The van der Waals surface area contributed by atoms with E-state index in [9.17, 15) is 0 Å². The van der Waals surface area contributed by atoms with Crippen LogP contribution in [0.3, 0.4) is 0 Å². The molecule has 5 aromatic carbocycles. The van der Waals surface area contributed by atoms with Crippen LogP contribution in [-0.4, -0.2) is 11.3 Å². The third-order valence-electron chi connectivity index (χ3n) is 9.25. The fourth-order valence-electron chi connectivity index (χ4n) is 7.21. The Hall–Kier alpha value is -4.47. The zero-order valence-corrected chi connectivity index (χ0v) is 25.8. The van der Waals surface area contributed by atoms with E-state index in [0.29, 0.717) is 5.56 Å². The van der Waals surface area contributed by atoms with E-state index in [4.69, 9.17) is 0 Å². The van der Waals surface area contributed by atoms with Gasteiger partial charge < -0.3 is 4.90 Å². The van der Waals surface area contributed by atoms with Crippen molar-refractivity contribution in [2.24, 2.45) is 5.92 Å². The van der Waals surface area contributed by atoms with Gasteiger partial charge in [0.15, 0.2) is 5.78 Å². The molecule has 3 heteroatoms. The number of hydrogen-bond acceptors (Lipinski definition) is 2. The van der Waals surface area contributed by atoms with Crippen molar-refractivity contribution in [1.29, 1.82) is 0 Å². The van der Waals surface area contributed by atoms with Crippen molar-refractivity contribution in [3.05, 3.63) is 178 Å². The molecule has 2 atom stereocenters. The molecule has 0 radical (unpaired) electrons. The van der Waals surface area contributed by atoms with Gasteiger partial charge >= 0.3 is 0 Å². The second kappa shape index (κ2) is 10.7. The van der Waals surface area contributed by atoms with Crippen LogP contribution in [0.1, 0.15) is 40.9 Å². The van der Waals surface area contributed by atoms with Gasteiger partial charge in [-0.25, -0.2) is 0 Å². The lowest BCUT2D eigenvalue weighted by Crippen LogP contribution is -2.61. The van der Waals surface area contributed by atoms with E-state index in [1.54, 1.807) is 0 Å². The first kappa shape index (κ1) is 27.4. The summed E-state index contributed by atoms with van der Waals surface area (Å²) in [5.74, 6) is -0.397. The normalized spacial score (nSPS) is 20.3. The Labute approximate surface area is 262 Å². The number of allylic oxidation sites excluding steroid dienone is 2. The van der Waals surface area contributed by atoms with E-state index < -0.39 is 16.9 Å². The molecule has 0 unspecified atom stereocenters. The van der Waals surface area contributed by atoms with E-state index in [1.807, 2.05) is 30.3 Å². The second-order valence-electron chi connectivity index (χ2n) is 11.9. The van der Waals surface area contributed by atoms with Crippen LogP contribution in [0.4, 0.5) is 11.4 Å². The van der Waals surface area contributed by atoms with E-state index in [0.717, 1.165) is 38.1 Å². The summed E-state index contributed by atoms with van der Waals surface area (Å²) in [5, 5.41) is 0. The Morgan fingerprint density at radius 3 is 1.93 bits per heavy atom. The van der Waals surface area contributed by atoms with Crippen LogP contribution in [0.5, 0.6) is 0 Å². The van der Waals surface area contributed by atoms with Crippen molar-refractivity contribution in [2.75, 3.05) is 4.90 Å². The predicted molar refractivity (Wildman–Crippen MR) is 182 cm³/mol. The number of ketones is 1. The van der Waals surface area contributed by atoms with Gasteiger partial charge in [-0.05, 0) is 70.3 Å². The molecule has 5 aromatic rings. The molecule has 0 saturated carbocycles. The Morgan fingerprint density at radius 2 is 1.26 bits per heavy atom. The summed E-state index contributed by atoms with van der Waals surface area (Å²) in [7, 11) is 0. The summed E-state index contributed by atoms with van der Waals surface area (Å²) < 4.78 is 1.01. The molecule has 210 valence electrons. The van der Waals surface area contributed by atoms with Gasteiger partial charge in [-0.15, -0.1) is 0 Å². The van der Waals surface area contributed by atoms with Crippen LogP contribution in [0.25, 0.3) is 11.1 Å². The number of rotatable bonds is 5. The highest BCUT2D eigenvalue weighted by Gasteiger charge is 2.63. The van der Waals surface area contributed by atoms with E-state index in [1.165, 1.54) is 5.56 Å². The van der Waals surface area contributed by atoms with Crippen LogP contribution in [0, 0.1) is 5.92 Å². The third kappa shape index (κ3) is 4.34. The largest absolute Gasteiger partial charge is 0.330 e. The number of carbonyl (C=O) groups excluding carboxylic acids is 1. The number of hydrogen-bond donors (Lipinski definition) is 0. The molecular weight excluding hydrogens is 590 g/mol. The molecule has 43 heavy (non-hydrogen) atoms. The first-order chi connectivity index (χ1) is 20.9. The fourth-order valence-corrected chi connectivity index (χ4v) is 7.47. The van der Waals surface area contributed by atoms with Crippen molar-refractivity contribution in [3.8, 4) is 0 Å². The molecule has 1 aliphatic heterocycles. The lowest BCUT2D eigenvalue weighted by atomic mass is 9.57. The van der Waals surface area contributed by atoms with Gasteiger partial charge in [0.2, 0.25) is 0 Å². The zero-order chi connectivity index (χ0) is 29.6.